The topological polar surface area (TPSA) is 297 Å². The molecule has 0 saturated carbocycles. The molecule has 2 aliphatic heterocycles. The first-order valence-corrected chi connectivity index (χ1v) is 29.4. The standard InChI is InChI=1S/C62H86N12O10/c1-35(63-9)53(77)71-51(61(3,4)5)59(83)73-33-41(29-47(73)57(81)69-45-26-16-20-37-18-11-13-24-43(37)45)67-49(75)31-65-55(79)39-22-15-23-40(28-39)56(80)66-32-50(76)68-42-30-48(58(82)70-46-27-17-21-38-19-12-14-25-44(38)46)74(34-42)60(84)52(62(6,7)8)72-54(78)36(2)64-10/h11-15,18-19,22-25,28,35-36,41-42,45-48,51-52,63-64H,16-17,20-21,26-27,29-34H2,1-10H3,(H,65,79)(H,66,80)(H,67,75)(H,68,76)(H,69,81)(H,70,82)(H,71,77)(H,72,78)/t35-,36-,41-,42-,45+,46+,47-,48-,51+,52?/m0/s1. The van der Waals surface area contributed by atoms with E-state index < -0.39 is 120 Å². The van der Waals surface area contributed by atoms with Crippen LogP contribution in [0.4, 0.5) is 0 Å². The highest BCUT2D eigenvalue weighted by Crippen LogP contribution is 2.34. The Hall–Kier alpha value is -7.72. The van der Waals surface area contributed by atoms with Crippen LogP contribution in [0.2, 0.25) is 0 Å². The van der Waals surface area contributed by atoms with E-state index in [2.05, 4.69) is 53.2 Å². The quantitative estimate of drug-likeness (QED) is 0.0778. The molecule has 7 rings (SSSR count). The van der Waals surface area contributed by atoms with Crippen LogP contribution in [0.1, 0.15) is 149 Å². The molecule has 4 aliphatic rings. The Morgan fingerprint density at radius 1 is 0.524 bits per heavy atom. The SMILES string of the molecule is CN[C@@H](C)C(=O)NC(C(=O)N1C[C@@H](NC(=O)CNC(=O)c2cccc(C(=O)NCC(=O)N[C@H]3C[C@@H](C(=O)N[C@@H]4CCCc5ccccc54)N(C(=O)[C@@H](NC(=O)[C@H](C)NC)C(C)(C)C)C3)c2)C[C@H]1C(=O)N[C@@H]1CCCc2ccccc21)C(C)(C)C. The summed E-state index contributed by atoms with van der Waals surface area (Å²) in [6.07, 6.45) is 5.07. The van der Waals surface area contributed by atoms with Crippen molar-refractivity contribution in [1.82, 2.24) is 63.0 Å². The van der Waals surface area contributed by atoms with Gasteiger partial charge in [0.1, 0.15) is 24.2 Å². The molecule has 0 radical (unpaired) electrons. The van der Waals surface area contributed by atoms with E-state index in [9.17, 15) is 47.9 Å². The van der Waals surface area contributed by atoms with Crippen molar-refractivity contribution in [3.8, 4) is 0 Å². The summed E-state index contributed by atoms with van der Waals surface area (Å²) in [4.78, 5) is 141. The second-order valence-electron chi connectivity index (χ2n) is 24.9. The van der Waals surface area contributed by atoms with Gasteiger partial charge in [0.2, 0.25) is 47.3 Å². The molecule has 84 heavy (non-hydrogen) atoms. The lowest BCUT2D eigenvalue weighted by Gasteiger charge is -2.36. The average Bonchev–Trinajstić information content (AvgIpc) is 3.22. The van der Waals surface area contributed by atoms with Gasteiger partial charge < -0.3 is 63.0 Å². The molecule has 10 atom stereocenters. The van der Waals surface area contributed by atoms with Crippen LogP contribution in [0.15, 0.2) is 72.8 Å². The molecular formula is C62H86N12O10. The number of rotatable bonds is 20. The Kier molecular flexibility index (Phi) is 21.1. The fourth-order valence-corrected chi connectivity index (χ4v) is 11.5. The molecule has 2 fully saturated rings. The summed E-state index contributed by atoms with van der Waals surface area (Å²) in [5.74, 6) is -5.06. The number of amides is 10. The van der Waals surface area contributed by atoms with Gasteiger partial charge in [-0.15, -0.1) is 0 Å². The molecule has 10 amide bonds. The van der Waals surface area contributed by atoms with Gasteiger partial charge in [0.25, 0.3) is 11.8 Å². The fraction of sp³-hybridized carbons (Fsp3) is 0.548. The van der Waals surface area contributed by atoms with E-state index in [4.69, 9.17) is 0 Å². The van der Waals surface area contributed by atoms with Crippen LogP contribution in [-0.2, 0) is 51.2 Å². The molecular weight excluding hydrogens is 1070 g/mol. The number of nitrogens with one attached hydrogen (secondary N) is 10. The van der Waals surface area contributed by atoms with E-state index in [0.717, 1.165) is 47.9 Å². The van der Waals surface area contributed by atoms with Crippen LogP contribution < -0.4 is 53.2 Å². The first kappa shape index (κ1) is 63.9. The first-order valence-electron chi connectivity index (χ1n) is 29.4. The van der Waals surface area contributed by atoms with Gasteiger partial charge in [-0.1, -0.05) is 96.1 Å². The maximum absolute atomic E-state index is 14.6. The van der Waals surface area contributed by atoms with Crippen molar-refractivity contribution >= 4 is 59.1 Å². The molecule has 2 heterocycles. The molecule has 22 heteroatoms. The Balaban J connectivity index is 0.959. The van der Waals surface area contributed by atoms with Crippen LogP contribution in [0.25, 0.3) is 0 Å². The van der Waals surface area contributed by atoms with Crippen LogP contribution in [0.3, 0.4) is 0 Å². The van der Waals surface area contributed by atoms with Gasteiger partial charge in [0.05, 0.1) is 37.3 Å². The number of carbonyl (C=O) groups excluding carboxylic acids is 10. The number of benzene rings is 3. The number of fused-ring (bicyclic) bond motifs is 2. The van der Waals surface area contributed by atoms with Crippen molar-refractivity contribution in [1.29, 1.82) is 0 Å². The van der Waals surface area contributed by atoms with Crippen LogP contribution in [0, 0.1) is 10.8 Å². The van der Waals surface area contributed by atoms with E-state index in [-0.39, 0.29) is 61.0 Å². The minimum atomic E-state index is -1.01. The van der Waals surface area contributed by atoms with Crippen LogP contribution >= 0.6 is 0 Å². The van der Waals surface area contributed by atoms with Crippen molar-refractivity contribution < 1.29 is 47.9 Å². The first-order chi connectivity index (χ1) is 39.8. The lowest BCUT2D eigenvalue weighted by atomic mass is 9.85. The zero-order chi connectivity index (χ0) is 61.2. The molecule has 454 valence electrons. The number of nitrogens with zero attached hydrogens (tertiary/aromatic N) is 2. The van der Waals surface area contributed by atoms with E-state index in [1.807, 2.05) is 90.1 Å². The Morgan fingerprint density at radius 3 is 1.27 bits per heavy atom. The van der Waals surface area contributed by atoms with Crippen LogP contribution in [0.5, 0.6) is 0 Å². The molecule has 2 aliphatic carbocycles. The van der Waals surface area contributed by atoms with Gasteiger partial charge in [0.15, 0.2) is 0 Å². The lowest BCUT2D eigenvalue weighted by molar-refractivity contribution is -0.144. The van der Waals surface area contributed by atoms with E-state index in [1.165, 1.54) is 34.1 Å². The third-order valence-electron chi connectivity index (χ3n) is 16.5. The summed E-state index contributed by atoms with van der Waals surface area (Å²) in [6, 6.07) is 14.4. The summed E-state index contributed by atoms with van der Waals surface area (Å²) in [5, 5.41) is 28.8. The van der Waals surface area contributed by atoms with Gasteiger partial charge >= 0.3 is 0 Å². The maximum atomic E-state index is 14.6. The molecule has 10 N–H and O–H groups in total. The number of aryl methyl sites for hydroxylation is 2. The fourth-order valence-electron chi connectivity index (χ4n) is 11.5. The van der Waals surface area contributed by atoms with Gasteiger partial charge in [0, 0.05) is 36.3 Å². The summed E-state index contributed by atoms with van der Waals surface area (Å²) >= 11 is 0. The number of hydrogen-bond acceptors (Lipinski definition) is 12. The summed E-state index contributed by atoms with van der Waals surface area (Å²) in [5.41, 5.74) is 2.89. The maximum Gasteiger partial charge on any atom is 0.251 e. The molecule has 1 unspecified atom stereocenters. The van der Waals surface area contributed by atoms with Gasteiger partial charge in [-0.2, -0.15) is 0 Å². The largest absolute Gasteiger partial charge is 0.350 e. The second-order valence-corrected chi connectivity index (χ2v) is 24.9. The van der Waals surface area contributed by atoms with Crippen molar-refractivity contribution in [3.63, 3.8) is 0 Å². The van der Waals surface area contributed by atoms with E-state index in [0.29, 0.717) is 12.8 Å². The average molecular weight is 1160 g/mol. The Labute approximate surface area is 492 Å². The highest BCUT2D eigenvalue weighted by atomic mass is 16.2. The summed E-state index contributed by atoms with van der Waals surface area (Å²) in [7, 11) is 3.27. The molecule has 22 nitrogen and oxygen atoms in total. The van der Waals surface area contributed by atoms with Crippen molar-refractivity contribution in [2.24, 2.45) is 10.8 Å². The lowest BCUT2D eigenvalue weighted by Crippen LogP contribution is -2.59. The molecule has 0 bridgehead atoms. The normalized spacial score (nSPS) is 21.6. The second kappa shape index (κ2) is 27.8. The predicted molar refractivity (Wildman–Crippen MR) is 316 cm³/mol. The highest BCUT2D eigenvalue weighted by molar-refractivity contribution is 6.02. The molecule has 0 aromatic heterocycles. The minimum absolute atomic E-state index is 0.0423. The number of likely N-dealkylation sites (N-methyl/N-ethyl adjacent to an activating group) is 2. The van der Waals surface area contributed by atoms with E-state index >= 15 is 0 Å². The minimum Gasteiger partial charge on any atom is -0.350 e. The predicted octanol–water partition coefficient (Wildman–Crippen LogP) is 1.98. The van der Waals surface area contributed by atoms with Crippen molar-refractivity contribution in [3.05, 3.63) is 106 Å². The molecule has 0 spiro atoms. The Morgan fingerprint density at radius 2 is 0.905 bits per heavy atom. The van der Waals surface area contributed by atoms with Crippen molar-refractivity contribution in [2.45, 2.75) is 167 Å². The summed E-state index contributed by atoms with van der Waals surface area (Å²) in [6.45, 7) is 13.2. The zero-order valence-corrected chi connectivity index (χ0v) is 50.2. The van der Waals surface area contributed by atoms with Crippen LogP contribution in [-0.4, -0.2) is 157 Å². The number of likely N-dealkylation sites (tertiary alicyclic amines) is 2. The van der Waals surface area contributed by atoms with Gasteiger partial charge in [-0.3, -0.25) is 47.9 Å². The highest BCUT2D eigenvalue weighted by Gasteiger charge is 2.48. The molecule has 3 aromatic carbocycles. The van der Waals surface area contributed by atoms with Crippen molar-refractivity contribution in [2.75, 3.05) is 40.3 Å². The zero-order valence-electron chi connectivity index (χ0n) is 50.2. The van der Waals surface area contributed by atoms with Gasteiger partial charge in [-0.25, -0.2) is 0 Å². The number of carbonyl (C=O) groups is 10. The third kappa shape index (κ3) is 15.9. The van der Waals surface area contributed by atoms with E-state index in [1.54, 1.807) is 27.9 Å². The Bertz CT molecular complexity index is 2760. The molecule has 2 saturated heterocycles. The van der Waals surface area contributed by atoms with Gasteiger partial charge in [-0.05, 0) is 131 Å². The monoisotopic (exact) mass is 1160 g/mol. The number of hydrogen-bond donors (Lipinski definition) is 10. The summed E-state index contributed by atoms with van der Waals surface area (Å²) < 4.78 is 0. The third-order valence-corrected chi connectivity index (χ3v) is 16.5. The smallest absolute Gasteiger partial charge is 0.251 e. The molecule has 3 aromatic rings.